The van der Waals surface area contributed by atoms with Gasteiger partial charge in [-0.2, -0.15) is 0 Å². The molecule has 0 amide bonds. The number of ether oxygens (including phenoxy) is 2. The van der Waals surface area contributed by atoms with Crippen LogP contribution in [0, 0.1) is 6.92 Å². The molecule has 0 fully saturated rings. The third kappa shape index (κ3) is 6.83. The second kappa shape index (κ2) is 12.2. The molecule has 0 aliphatic rings. The highest BCUT2D eigenvalue weighted by atomic mass is 79.9. The third-order valence-electron chi connectivity index (χ3n) is 4.76. The van der Waals surface area contributed by atoms with Gasteiger partial charge in [0.15, 0.2) is 0 Å². The van der Waals surface area contributed by atoms with Gasteiger partial charge in [-0.25, -0.2) is 0 Å². The Morgan fingerprint density at radius 1 is 0.808 bits per heavy atom. The number of hydrogen-bond donors (Lipinski definition) is 0. The lowest BCUT2D eigenvalue weighted by atomic mass is 10.0. The molecule has 3 heteroatoms. The standard InChI is InChI=1S/C23H33BrO2/c1-3-4-5-9-17-26-23-14-11-20-18-21(12-13-22(20)19(23)2)25-16-10-7-6-8-15-24/h11-14,18H,3-10,15-17H2,1-2H3. The highest BCUT2D eigenvalue weighted by molar-refractivity contribution is 9.09. The molecule has 0 heterocycles. The van der Waals surface area contributed by atoms with Crippen molar-refractivity contribution in [1.82, 2.24) is 0 Å². The summed E-state index contributed by atoms with van der Waals surface area (Å²) in [5.41, 5.74) is 1.22. The molecule has 2 nitrogen and oxygen atoms in total. The molecule has 0 bridgehead atoms. The summed E-state index contributed by atoms with van der Waals surface area (Å²) in [6.45, 7) is 5.99. The van der Waals surface area contributed by atoms with Crippen molar-refractivity contribution in [3.63, 3.8) is 0 Å². The van der Waals surface area contributed by atoms with Gasteiger partial charge in [-0.1, -0.05) is 67.1 Å². The number of benzene rings is 2. The van der Waals surface area contributed by atoms with Gasteiger partial charge in [0.05, 0.1) is 13.2 Å². The number of hydrogen-bond acceptors (Lipinski definition) is 2. The Balaban J connectivity index is 1.88. The Morgan fingerprint density at radius 3 is 2.31 bits per heavy atom. The summed E-state index contributed by atoms with van der Waals surface area (Å²) in [7, 11) is 0. The van der Waals surface area contributed by atoms with Crippen LogP contribution in [0.2, 0.25) is 0 Å². The van der Waals surface area contributed by atoms with E-state index in [4.69, 9.17) is 9.47 Å². The maximum atomic E-state index is 6.00. The van der Waals surface area contributed by atoms with E-state index in [1.54, 1.807) is 0 Å². The van der Waals surface area contributed by atoms with Crippen LogP contribution in [0.25, 0.3) is 10.8 Å². The van der Waals surface area contributed by atoms with Crippen molar-refractivity contribution in [2.24, 2.45) is 0 Å². The van der Waals surface area contributed by atoms with E-state index in [9.17, 15) is 0 Å². The second-order valence-electron chi connectivity index (χ2n) is 6.93. The molecule has 2 rings (SSSR count). The van der Waals surface area contributed by atoms with Crippen molar-refractivity contribution >= 4 is 26.7 Å². The molecule has 0 aliphatic carbocycles. The van der Waals surface area contributed by atoms with Gasteiger partial charge >= 0.3 is 0 Å². The van der Waals surface area contributed by atoms with Crippen LogP contribution in [0.15, 0.2) is 30.3 Å². The van der Waals surface area contributed by atoms with E-state index in [1.807, 2.05) is 0 Å². The van der Waals surface area contributed by atoms with Gasteiger partial charge < -0.3 is 9.47 Å². The van der Waals surface area contributed by atoms with E-state index in [-0.39, 0.29) is 0 Å². The van der Waals surface area contributed by atoms with Gasteiger partial charge in [-0.05, 0) is 60.7 Å². The number of unbranched alkanes of at least 4 members (excludes halogenated alkanes) is 6. The molecule has 0 aliphatic heterocycles. The van der Waals surface area contributed by atoms with Crippen LogP contribution < -0.4 is 9.47 Å². The maximum absolute atomic E-state index is 6.00. The first-order valence-corrected chi connectivity index (χ1v) is 11.2. The molecule has 0 aromatic heterocycles. The van der Waals surface area contributed by atoms with Gasteiger partial charge in [0, 0.05) is 5.33 Å². The molecule has 2 aromatic carbocycles. The van der Waals surface area contributed by atoms with E-state index in [1.165, 1.54) is 54.9 Å². The van der Waals surface area contributed by atoms with Crippen LogP contribution in [-0.2, 0) is 0 Å². The fraction of sp³-hybridized carbons (Fsp3) is 0.565. The molecule has 26 heavy (non-hydrogen) atoms. The van der Waals surface area contributed by atoms with E-state index < -0.39 is 0 Å². The Bertz CT molecular complexity index is 654. The van der Waals surface area contributed by atoms with E-state index in [2.05, 4.69) is 60.1 Å². The molecule has 2 aromatic rings. The minimum absolute atomic E-state index is 0.797. The van der Waals surface area contributed by atoms with Crippen LogP contribution in [0.3, 0.4) is 0 Å². The quantitative estimate of drug-likeness (QED) is 0.247. The van der Waals surface area contributed by atoms with Crippen molar-refractivity contribution in [2.45, 2.75) is 65.2 Å². The predicted molar refractivity (Wildman–Crippen MR) is 116 cm³/mol. The molecular weight excluding hydrogens is 388 g/mol. The zero-order valence-electron chi connectivity index (χ0n) is 16.4. The normalized spacial score (nSPS) is 11.0. The van der Waals surface area contributed by atoms with Crippen molar-refractivity contribution in [3.8, 4) is 11.5 Å². The number of rotatable bonds is 13. The van der Waals surface area contributed by atoms with Crippen molar-refractivity contribution < 1.29 is 9.47 Å². The topological polar surface area (TPSA) is 18.5 Å². The number of aryl methyl sites for hydroxylation is 1. The Labute approximate surface area is 167 Å². The van der Waals surface area contributed by atoms with Gasteiger partial charge in [-0.15, -0.1) is 0 Å². The monoisotopic (exact) mass is 420 g/mol. The summed E-state index contributed by atoms with van der Waals surface area (Å²) in [5.74, 6) is 1.97. The van der Waals surface area contributed by atoms with E-state index in [0.717, 1.165) is 42.9 Å². The maximum Gasteiger partial charge on any atom is 0.122 e. The highest BCUT2D eigenvalue weighted by Gasteiger charge is 2.06. The number of fused-ring (bicyclic) bond motifs is 1. The minimum atomic E-state index is 0.797. The van der Waals surface area contributed by atoms with Gasteiger partial charge in [0.1, 0.15) is 11.5 Å². The first kappa shape index (κ1) is 21.1. The zero-order chi connectivity index (χ0) is 18.6. The first-order valence-electron chi connectivity index (χ1n) is 10.1. The van der Waals surface area contributed by atoms with Crippen LogP contribution in [0.5, 0.6) is 11.5 Å². The summed E-state index contributed by atoms with van der Waals surface area (Å²) in [6, 6.07) is 10.6. The lowest BCUT2D eigenvalue weighted by molar-refractivity contribution is 0.303. The molecule has 144 valence electrons. The molecule has 0 atom stereocenters. The van der Waals surface area contributed by atoms with Gasteiger partial charge in [0.2, 0.25) is 0 Å². The minimum Gasteiger partial charge on any atom is -0.494 e. The largest absolute Gasteiger partial charge is 0.494 e. The molecule has 0 saturated carbocycles. The van der Waals surface area contributed by atoms with Crippen molar-refractivity contribution in [1.29, 1.82) is 0 Å². The average molecular weight is 421 g/mol. The Morgan fingerprint density at radius 2 is 1.54 bits per heavy atom. The average Bonchev–Trinajstić information content (AvgIpc) is 2.66. The molecule has 0 saturated heterocycles. The summed E-state index contributed by atoms with van der Waals surface area (Å²) < 4.78 is 11.9. The van der Waals surface area contributed by atoms with Crippen LogP contribution in [0.1, 0.15) is 63.9 Å². The summed E-state index contributed by atoms with van der Waals surface area (Å²) in [6.07, 6.45) is 9.81. The fourth-order valence-electron chi connectivity index (χ4n) is 3.14. The van der Waals surface area contributed by atoms with Crippen molar-refractivity contribution in [3.05, 3.63) is 35.9 Å². The van der Waals surface area contributed by atoms with Gasteiger partial charge in [-0.3, -0.25) is 0 Å². The Hall–Kier alpha value is -1.22. The zero-order valence-corrected chi connectivity index (χ0v) is 17.9. The lowest BCUT2D eigenvalue weighted by Crippen LogP contribution is -2.00. The molecule has 0 radical (unpaired) electrons. The van der Waals surface area contributed by atoms with Gasteiger partial charge in [0.25, 0.3) is 0 Å². The lowest BCUT2D eigenvalue weighted by Gasteiger charge is -2.13. The summed E-state index contributed by atoms with van der Waals surface area (Å²) >= 11 is 3.47. The van der Waals surface area contributed by atoms with E-state index >= 15 is 0 Å². The first-order chi connectivity index (χ1) is 12.8. The molecule has 0 N–H and O–H groups in total. The fourth-order valence-corrected chi connectivity index (χ4v) is 3.54. The third-order valence-corrected chi connectivity index (χ3v) is 5.32. The summed E-state index contributed by atoms with van der Waals surface area (Å²) in [5, 5.41) is 3.57. The number of alkyl halides is 1. The van der Waals surface area contributed by atoms with Crippen LogP contribution >= 0.6 is 15.9 Å². The second-order valence-corrected chi connectivity index (χ2v) is 7.73. The Kier molecular flexibility index (Phi) is 9.91. The molecular formula is C23H33BrO2. The predicted octanol–water partition coefficient (Wildman–Crippen LogP) is 7.44. The smallest absolute Gasteiger partial charge is 0.122 e. The van der Waals surface area contributed by atoms with Crippen LogP contribution in [-0.4, -0.2) is 18.5 Å². The highest BCUT2D eigenvalue weighted by Crippen LogP contribution is 2.30. The molecule has 0 spiro atoms. The van der Waals surface area contributed by atoms with Crippen molar-refractivity contribution in [2.75, 3.05) is 18.5 Å². The molecule has 0 unspecified atom stereocenters. The van der Waals surface area contributed by atoms with E-state index in [0.29, 0.717) is 0 Å². The summed E-state index contributed by atoms with van der Waals surface area (Å²) in [4.78, 5) is 0. The number of halogens is 1. The SMILES string of the molecule is CCCCCCOc1ccc2cc(OCCCCCCBr)ccc2c1C. The van der Waals surface area contributed by atoms with Crippen LogP contribution in [0.4, 0.5) is 0 Å².